The summed E-state index contributed by atoms with van der Waals surface area (Å²) in [5.74, 6) is -1.06. The number of aromatic carboxylic acids is 1. The van der Waals surface area contributed by atoms with Gasteiger partial charge in [-0.2, -0.15) is 5.10 Å². The average molecular weight is 353 g/mol. The molecule has 0 fully saturated rings. The van der Waals surface area contributed by atoms with Crippen molar-refractivity contribution in [2.24, 2.45) is 0 Å². The number of aromatic nitrogens is 2. The van der Waals surface area contributed by atoms with Gasteiger partial charge in [0.1, 0.15) is 0 Å². The number of carbonyl (C=O) groups is 2. The zero-order valence-corrected chi connectivity index (χ0v) is 12.7. The average Bonchev–Trinajstić information content (AvgIpc) is 2.88. The van der Waals surface area contributed by atoms with Gasteiger partial charge in [0.25, 0.3) is 0 Å². The summed E-state index contributed by atoms with van der Waals surface area (Å²) in [6.45, 7) is 2.64. The van der Waals surface area contributed by atoms with E-state index in [0.717, 1.165) is 0 Å². The Morgan fingerprint density at radius 2 is 2.14 bits per heavy atom. The smallest absolute Gasteiger partial charge is 0.335 e. The molecular formula is C13H13BrN4O3. The molecule has 0 bridgehead atoms. The number of urea groups is 1. The number of aryl methyl sites for hydroxylation is 1. The molecule has 21 heavy (non-hydrogen) atoms. The summed E-state index contributed by atoms with van der Waals surface area (Å²) in [6, 6.07) is 3.91. The molecule has 0 radical (unpaired) electrons. The van der Waals surface area contributed by atoms with E-state index in [9.17, 15) is 9.59 Å². The number of carboxylic acids is 1. The lowest BCUT2D eigenvalue weighted by molar-refractivity contribution is 0.0697. The normalized spacial score (nSPS) is 10.2. The first-order chi connectivity index (χ1) is 9.99. The molecular weight excluding hydrogens is 340 g/mol. The van der Waals surface area contributed by atoms with Crippen LogP contribution in [0.15, 0.2) is 35.1 Å². The Bertz CT molecular complexity index is 684. The first-order valence-electron chi connectivity index (χ1n) is 6.13. The number of nitrogens with zero attached hydrogens (tertiary/aromatic N) is 2. The topological polar surface area (TPSA) is 96.2 Å². The van der Waals surface area contributed by atoms with Crippen LogP contribution in [0.4, 0.5) is 16.2 Å². The van der Waals surface area contributed by atoms with Crippen LogP contribution in [0.25, 0.3) is 0 Å². The monoisotopic (exact) mass is 352 g/mol. The summed E-state index contributed by atoms with van der Waals surface area (Å²) >= 11 is 3.26. The number of benzene rings is 1. The quantitative estimate of drug-likeness (QED) is 0.787. The SMILES string of the molecule is CCn1cc(NC(=O)Nc2cc(C(=O)O)ccc2Br)cn1. The molecule has 3 N–H and O–H groups in total. The van der Waals surface area contributed by atoms with Crippen LogP contribution in [0.3, 0.4) is 0 Å². The van der Waals surface area contributed by atoms with E-state index in [1.165, 1.54) is 18.3 Å². The molecule has 0 aliphatic heterocycles. The predicted octanol–water partition coefficient (Wildman–Crippen LogP) is 3.01. The minimum atomic E-state index is -1.06. The first kappa shape index (κ1) is 15.0. The molecule has 1 aromatic carbocycles. The van der Waals surface area contributed by atoms with Crippen molar-refractivity contribution in [1.82, 2.24) is 9.78 Å². The van der Waals surface area contributed by atoms with Crippen LogP contribution in [0.1, 0.15) is 17.3 Å². The number of carboxylic acid groups (broad SMARTS) is 1. The zero-order chi connectivity index (χ0) is 15.4. The molecule has 0 atom stereocenters. The molecule has 2 amide bonds. The van der Waals surface area contributed by atoms with Crippen LogP contribution in [0, 0.1) is 0 Å². The molecule has 0 aliphatic rings. The maximum absolute atomic E-state index is 11.9. The van der Waals surface area contributed by atoms with Gasteiger partial charge in [-0.3, -0.25) is 4.68 Å². The number of nitrogens with one attached hydrogen (secondary N) is 2. The number of anilines is 2. The molecule has 7 nitrogen and oxygen atoms in total. The third kappa shape index (κ3) is 3.82. The Morgan fingerprint density at radius 1 is 1.38 bits per heavy atom. The van der Waals surface area contributed by atoms with Gasteiger partial charge in [0.15, 0.2) is 0 Å². The predicted molar refractivity (Wildman–Crippen MR) is 81.6 cm³/mol. The number of carbonyl (C=O) groups excluding carboxylic acids is 1. The zero-order valence-electron chi connectivity index (χ0n) is 11.1. The second-order valence-corrected chi connectivity index (χ2v) is 5.02. The number of halogens is 1. The Balaban J connectivity index is 2.08. The van der Waals surface area contributed by atoms with Crippen LogP contribution < -0.4 is 10.6 Å². The van der Waals surface area contributed by atoms with E-state index in [0.29, 0.717) is 22.4 Å². The van der Waals surface area contributed by atoms with Crippen molar-refractivity contribution in [1.29, 1.82) is 0 Å². The summed E-state index contributed by atoms with van der Waals surface area (Å²) < 4.78 is 2.27. The van der Waals surface area contributed by atoms with Gasteiger partial charge in [-0.1, -0.05) is 0 Å². The summed E-state index contributed by atoms with van der Waals surface area (Å²) in [6.07, 6.45) is 3.23. The molecule has 0 unspecified atom stereocenters. The third-order valence-electron chi connectivity index (χ3n) is 2.68. The van der Waals surface area contributed by atoms with E-state index in [1.54, 1.807) is 16.9 Å². The fourth-order valence-corrected chi connectivity index (χ4v) is 1.99. The van der Waals surface area contributed by atoms with Gasteiger partial charge in [0.05, 0.1) is 23.1 Å². The fraction of sp³-hybridized carbons (Fsp3) is 0.154. The molecule has 110 valence electrons. The Labute approximate surface area is 129 Å². The van der Waals surface area contributed by atoms with Gasteiger partial charge >= 0.3 is 12.0 Å². The van der Waals surface area contributed by atoms with E-state index >= 15 is 0 Å². The largest absolute Gasteiger partial charge is 0.478 e. The lowest BCUT2D eigenvalue weighted by atomic mass is 10.2. The fourth-order valence-electron chi connectivity index (χ4n) is 1.64. The maximum atomic E-state index is 11.9. The molecule has 0 aliphatic carbocycles. The Hall–Kier alpha value is -2.35. The van der Waals surface area contributed by atoms with Crippen LogP contribution in [-0.4, -0.2) is 26.9 Å². The van der Waals surface area contributed by atoms with Gasteiger partial charge in [0, 0.05) is 17.2 Å². The number of hydrogen-bond acceptors (Lipinski definition) is 3. The standard InChI is InChI=1S/C13H13BrN4O3/c1-2-18-7-9(6-15-18)16-13(21)17-11-5-8(12(19)20)3-4-10(11)14/h3-7H,2H2,1H3,(H,19,20)(H2,16,17,21). The summed E-state index contributed by atoms with van der Waals surface area (Å²) in [4.78, 5) is 22.8. The second-order valence-electron chi connectivity index (χ2n) is 4.16. The minimum Gasteiger partial charge on any atom is -0.478 e. The van der Waals surface area contributed by atoms with Crippen molar-refractivity contribution in [3.8, 4) is 0 Å². The molecule has 2 aromatic rings. The molecule has 1 aromatic heterocycles. The van der Waals surface area contributed by atoms with Crippen molar-refractivity contribution < 1.29 is 14.7 Å². The van der Waals surface area contributed by atoms with Crippen molar-refractivity contribution in [3.05, 3.63) is 40.6 Å². The Morgan fingerprint density at radius 3 is 2.76 bits per heavy atom. The lowest BCUT2D eigenvalue weighted by Crippen LogP contribution is -2.19. The van der Waals surface area contributed by atoms with E-state index in [-0.39, 0.29) is 5.56 Å². The molecule has 2 rings (SSSR count). The summed E-state index contributed by atoms with van der Waals surface area (Å²) in [5.41, 5.74) is 1.02. The molecule has 0 saturated heterocycles. The lowest BCUT2D eigenvalue weighted by Gasteiger charge is -2.08. The third-order valence-corrected chi connectivity index (χ3v) is 3.37. The molecule has 0 spiro atoms. The van der Waals surface area contributed by atoms with Gasteiger partial charge in [0.2, 0.25) is 0 Å². The number of amides is 2. The van der Waals surface area contributed by atoms with Crippen molar-refractivity contribution in [2.75, 3.05) is 10.6 Å². The van der Waals surface area contributed by atoms with E-state index in [4.69, 9.17) is 5.11 Å². The van der Waals surface area contributed by atoms with E-state index in [2.05, 4.69) is 31.7 Å². The summed E-state index contributed by atoms with van der Waals surface area (Å²) in [5, 5.41) is 18.2. The van der Waals surface area contributed by atoms with Crippen molar-refractivity contribution in [3.63, 3.8) is 0 Å². The van der Waals surface area contributed by atoms with Gasteiger partial charge < -0.3 is 15.7 Å². The van der Waals surface area contributed by atoms with Gasteiger partial charge in [-0.15, -0.1) is 0 Å². The van der Waals surface area contributed by atoms with Gasteiger partial charge in [-0.05, 0) is 41.1 Å². The number of hydrogen-bond donors (Lipinski definition) is 3. The van der Waals surface area contributed by atoms with Crippen LogP contribution in [0.2, 0.25) is 0 Å². The highest BCUT2D eigenvalue weighted by Crippen LogP contribution is 2.24. The number of rotatable bonds is 4. The summed E-state index contributed by atoms with van der Waals surface area (Å²) in [7, 11) is 0. The highest BCUT2D eigenvalue weighted by molar-refractivity contribution is 9.10. The van der Waals surface area contributed by atoms with E-state index in [1.807, 2.05) is 6.92 Å². The molecule has 0 saturated carbocycles. The maximum Gasteiger partial charge on any atom is 0.335 e. The highest BCUT2D eigenvalue weighted by atomic mass is 79.9. The van der Waals surface area contributed by atoms with Crippen LogP contribution in [-0.2, 0) is 6.54 Å². The Kier molecular flexibility index (Phi) is 4.59. The highest BCUT2D eigenvalue weighted by Gasteiger charge is 2.10. The van der Waals surface area contributed by atoms with Crippen LogP contribution >= 0.6 is 15.9 Å². The molecule has 1 heterocycles. The second kappa shape index (κ2) is 6.40. The van der Waals surface area contributed by atoms with Crippen molar-refractivity contribution in [2.45, 2.75) is 13.5 Å². The van der Waals surface area contributed by atoms with Crippen LogP contribution in [0.5, 0.6) is 0 Å². The van der Waals surface area contributed by atoms with Gasteiger partial charge in [-0.25, -0.2) is 9.59 Å². The van der Waals surface area contributed by atoms with Crippen molar-refractivity contribution >= 4 is 39.3 Å². The molecule has 8 heteroatoms. The van der Waals surface area contributed by atoms with E-state index < -0.39 is 12.0 Å². The minimum absolute atomic E-state index is 0.0901. The first-order valence-corrected chi connectivity index (χ1v) is 6.92.